The monoisotopic (exact) mass is 297 g/mol. The minimum Gasteiger partial charge on any atom is -0.354 e. The largest absolute Gasteiger partial charge is 0.354 e. The topological polar surface area (TPSA) is 44.3 Å². The molecule has 2 rings (SSSR count). The van der Waals surface area contributed by atoms with Crippen LogP contribution >= 0.6 is 11.6 Å². The number of hydrogen-bond donors (Lipinski definition) is 1. The quantitative estimate of drug-likeness (QED) is 0.904. The van der Waals surface area contributed by atoms with E-state index in [2.05, 4.69) is 46.0 Å². The van der Waals surface area contributed by atoms with E-state index in [1.165, 1.54) is 0 Å². The van der Waals surface area contributed by atoms with Gasteiger partial charge in [0.05, 0.1) is 6.20 Å². The first-order valence-electron chi connectivity index (χ1n) is 7.37. The molecule has 1 unspecified atom stereocenters. The number of anilines is 2. The minimum atomic E-state index is 0.557. The predicted octanol–water partition coefficient (Wildman–Crippen LogP) is 2.48. The number of nitrogens with one attached hydrogen (secondary N) is 1. The second kappa shape index (κ2) is 7.09. The molecule has 1 atom stereocenters. The van der Waals surface area contributed by atoms with Crippen molar-refractivity contribution < 1.29 is 0 Å². The van der Waals surface area contributed by atoms with Gasteiger partial charge in [-0.05, 0) is 19.9 Å². The first-order chi connectivity index (χ1) is 9.65. The van der Waals surface area contributed by atoms with Gasteiger partial charge in [0.25, 0.3) is 0 Å². The summed E-state index contributed by atoms with van der Waals surface area (Å²) in [5.41, 5.74) is 0. The Hall–Kier alpha value is -1.07. The lowest BCUT2D eigenvalue weighted by Gasteiger charge is -2.39. The molecule has 0 bridgehead atoms. The van der Waals surface area contributed by atoms with Gasteiger partial charge in [0.15, 0.2) is 5.82 Å². The number of aromatic nitrogens is 2. The highest BCUT2D eigenvalue weighted by Crippen LogP contribution is 2.26. The van der Waals surface area contributed by atoms with E-state index in [1.807, 2.05) is 0 Å². The third-order valence-electron chi connectivity index (χ3n) is 3.81. The van der Waals surface area contributed by atoms with Gasteiger partial charge >= 0.3 is 0 Å². The Morgan fingerprint density at radius 3 is 2.90 bits per heavy atom. The van der Waals surface area contributed by atoms with E-state index >= 15 is 0 Å². The van der Waals surface area contributed by atoms with E-state index in [0.29, 0.717) is 17.0 Å². The zero-order valence-electron chi connectivity index (χ0n) is 12.6. The van der Waals surface area contributed by atoms with Gasteiger partial charge in [-0.3, -0.25) is 4.90 Å². The van der Waals surface area contributed by atoms with Crippen LogP contribution in [0.1, 0.15) is 26.7 Å². The molecule has 1 N–H and O–H groups in total. The Morgan fingerprint density at radius 1 is 1.40 bits per heavy atom. The summed E-state index contributed by atoms with van der Waals surface area (Å²) in [4.78, 5) is 13.5. The van der Waals surface area contributed by atoms with Crippen molar-refractivity contribution in [2.24, 2.45) is 0 Å². The molecule has 1 aromatic rings. The maximum absolute atomic E-state index is 6.28. The van der Waals surface area contributed by atoms with Gasteiger partial charge < -0.3 is 10.2 Å². The summed E-state index contributed by atoms with van der Waals surface area (Å²) in [5.74, 6) is 1.52. The Labute approximate surface area is 126 Å². The Bertz CT molecular complexity index is 440. The van der Waals surface area contributed by atoms with Crippen LogP contribution < -0.4 is 10.2 Å². The summed E-state index contributed by atoms with van der Waals surface area (Å²) in [6.45, 7) is 8.18. The normalized spacial score (nSPS) is 20.2. The molecule has 5 nitrogen and oxygen atoms in total. The van der Waals surface area contributed by atoms with E-state index in [-0.39, 0.29) is 0 Å². The van der Waals surface area contributed by atoms with Crippen molar-refractivity contribution in [3.63, 3.8) is 0 Å². The third-order valence-corrected chi connectivity index (χ3v) is 4.07. The molecule has 0 saturated carbocycles. The van der Waals surface area contributed by atoms with Crippen molar-refractivity contribution in [3.8, 4) is 0 Å². The molecule has 6 heteroatoms. The number of halogens is 1. The maximum Gasteiger partial charge on any atom is 0.224 e. The standard InChI is InChI=1S/C14H24ClN5/c1-4-6-16-14-17-9-12(15)13(18-14)20-8-7-19(3)11(5-2)10-20/h9,11H,4-8,10H2,1-3H3,(H,16,17,18). The molecule has 0 amide bonds. The van der Waals surface area contributed by atoms with Crippen molar-refractivity contribution in [3.05, 3.63) is 11.2 Å². The van der Waals surface area contributed by atoms with E-state index in [1.54, 1.807) is 6.20 Å². The second-order valence-electron chi connectivity index (χ2n) is 5.28. The summed E-state index contributed by atoms with van der Waals surface area (Å²) in [7, 11) is 2.18. The van der Waals surface area contributed by atoms with Crippen molar-refractivity contribution in [1.82, 2.24) is 14.9 Å². The van der Waals surface area contributed by atoms with Crippen molar-refractivity contribution in [1.29, 1.82) is 0 Å². The Kier molecular flexibility index (Phi) is 5.43. The van der Waals surface area contributed by atoms with E-state index in [4.69, 9.17) is 11.6 Å². The summed E-state index contributed by atoms with van der Waals surface area (Å²) in [6.07, 6.45) is 3.88. The maximum atomic E-state index is 6.28. The summed E-state index contributed by atoms with van der Waals surface area (Å²) in [5, 5.41) is 3.85. The lowest BCUT2D eigenvalue weighted by molar-refractivity contribution is 0.213. The summed E-state index contributed by atoms with van der Waals surface area (Å²) in [6, 6.07) is 0.557. The van der Waals surface area contributed by atoms with E-state index < -0.39 is 0 Å². The average molecular weight is 298 g/mol. The predicted molar refractivity (Wildman–Crippen MR) is 84.7 cm³/mol. The van der Waals surface area contributed by atoms with Gasteiger partial charge in [0.2, 0.25) is 5.95 Å². The first-order valence-corrected chi connectivity index (χ1v) is 7.75. The van der Waals surface area contributed by atoms with Gasteiger partial charge in [0, 0.05) is 32.2 Å². The van der Waals surface area contributed by atoms with Gasteiger partial charge in [0.1, 0.15) is 5.02 Å². The highest BCUT2D eigenvalue weighted by atomic mass is 35.5. The number of piperazine rings is 1. The van der Waals surface area contributed by atoms with Crippen LogP contribution in [0.5, 0.6) is 0 Å². The van der Waals surface area contributed by atoms with E-state index in [0.717, 1.165) is 44.8 Å². The van der Waals surface area contributed by atoms with Crippen LogP contribution in [0.3, 0.4) is 0 Å². The fraction of sp³-hybridized carbons (Fsp3) is 0.714. The van der Waals surface area contributed by atoms with Gasteiger partial charge in [-0.15, -0.1) is 0 Å². The molecule has 0 aliphatic carbocycles. The molecule has 1 aliphatic rings. The fourth-order valence-corrected chi connectivity index (χ4v) is 2.69. The number of nitrogens with zero attached hydrogens (tertiary/aromatic N) is 4. The molecule has 20 heavy (non-hydrogen) atoms. The molecular weight excluding hydrogens is 274 g/mol. The first kappa shape index (κ1) is 15.3. The van der Waals surface area contributed by atoms with Crippen molar-refractivity contribution in [2.45, 2.75) is 32.7 Å². The third kappa shape index (κ3) is 3.52. The Balaban J connectivity index is 2.14. The number of rotatable bonds is 5. The van der Waals surface area contributed by atoms with Crippen LogP contribution in [0.4, 0.5) is 11.8 Å². The zero-order chi connectivity index (χ0) is 14.5. The van der Waals surface area contributed by atoms with Gasteiger partial charge in [-0.2, -0.15) is 4.98 Å². The molecule has 1 aromatic heterocycles. The fourth-order valence-electron chi connectivity index (χ4n) is 2.48. The highest BCUT2D eigenvalue weighted by Gasteiger charge is 2.25. The Morgan fingerprint density at radius 2 is 2.20 bits per heavy atom. The summed E-state index contributed by atoms with van der Waals surface area (Å²) >= 11 is 6.28. The summed E-state index contributed by atoms with van der Waals surface area (Å²) < 4.78 is 0. The lowest BCUT2D eigenvalue weighted by atomic mass is 10.1. The molecule has 112 valence electrons. The van der Waals surface area contributed by atoms with Crippen LogP contribution in [-0.4, -0.2) is 54.1 Å². The van der Waals surface area contributed by atoms with Crippen LogP contribution in [0.2, 0.25) is 5.02 Å². The second-order valence-corrected chi connectivity index (χ2v) is 5.69. The molecular formula is C14H24ClN5. The zero-order valence-corrected chi connectivity index (χ0v) is 13.3. The van der Waals surface area contributed by atoms with Crippen molar-refractivity contribution >= 4 is 23.4 Å². The molecule has 0 aromatic carbocycles. The minimum absolute atomic E-state index is 0.557. The smallest absolute Gasteiger partial charge is 0.224 e. The molecule has 1 saturated heterocycles. The van der Waals surface area contributed by atoms with Crippen molar-refractivity contribution in [2.75, 3.05) is 43.4 Å². The number of likely N-dealkylation sites (N-methyl/N-ethyl adjacent to an activating group) is 1. The molecule has 2 heterocycles. The van der Waals surface area contributed by atoms with E-state index in [9.17, 15) is 0 Å². The van der Waals surface area contributed by atoms with Gasteiger partial charge in [-0.1, -0.05) is 25.4 Å². The van der Waals surface area contributed by atoms with Gasteiger partial charge in [-0.25, -0.2) is 4.98 Å². The van der Waals surface area contributed by atoms with Crippen LogP contribution in [0, 0.1) is 0 Å². The van der Waals surface area contributed by atoms with Crippen LogP contribution in [-0.2, 0) is 0 Å². The van der Waals surface area contributed by atoms with Crippen LogP contribution in [0.15, 0.2) is 6.20 Å². The SMILES string of the molecule is CCCNc1ncc(Cl)c(N2CCN(C)C(CC)C2)n1. The lowest BCUT2D eigenvalue weighted by Crippen LogP contribution is -2.51. The molecule has 1 aliphatic heterocycles. The molecule has 0 spiro atoms. The molecule has 1 fully saturated rings. The van der Waals surface area contributed by atoms with Crippen LogP contribution in [0.25, 0.3) is 0 Å². The molecule has 0 radical (unpaired) electrons. The average Bonchev–Trinajstić information content (AvgIpc) is 2.47. The number of hydrogen-bond acceptors (Lipinski definition) is 5. The highest BCUT2D eigenvalue weighted by molar-refractivity contribution is 6.32.